The number of amides is 1. The number of anilines is 3. The monoisotopic (exact) mass is 399 g/mol. The molecule has 0 atom stereocenters. The van der Waals surface area contributed by atoms with Crippen LogP contribution in [0.1, 0.15) is 39.0 Å². The van der Waals surface area contributed by atoms with Crippen LogP contribution in [0, 0.1) is 6.92 Å². The topological polar surface area (TPSA) is 96.8 Å². The molecule has 1 amide bonds. The minimum absolute atomic E-state index is 0.0237. The van der Waals surface area contributed by atoms with Gasteiger partial charge in [-0.2, -0.15) is 23.3 Å². The van der Waals surface area contributed by atoms with Crippen molar-refractivity contribution >= 4 is 23.4 Å². The van der Waals surface area contributed by atoms with Crippen molar-refractivity contribution in [3.63, 3.8) is 0 Å². The predicted molar refractivity (Wildman–Crippen MR) is 99.4 cm³/mol. The number of hydrogen-bond donors (Lipinski definition) is 3. The van der Waals surface area contributed by atoms with Gasteiger partial charge in [0.2, 0.25) is 11.9 Å². The van der Waals surface area contributed by atoms with Crippen molar-refractivity contribution in [2.45, 2.75) is 52.4 Å². The molecule has 0 aliphatic heterocycles. The third kappa shape index (κ3) is 4.34. The Labute approximate surface area is 160 Å². The number of carbonyl (C=O) groups is 1. The molecule has 2 aromatic rings. The van der Waals surface area contributed by atoms with Crippen molar-refractivity contribution < 1.29 is 18.0 Å². The highest BCUT2D eigenvalue weighted by Gasteiger charge is 2.35. The maximum atomic E-state index is 13.0. The maximum Gasteiger partial charge on any atom is 0.421 e. The first-order valence-electron chi connectivity index (χ1n) is 8.63. The Morgan fingerprint density at radius 1 is 1.21 bits per heavy atom. The molecule has 2 aromatic heterocycles. The van der Waals surface area contributed by atoms with Crippen molar-refractivity contribution in [3.8, 4) is 0 Å². The number of nitrogens with one attached hydrogen (secondary N) is 3. The van der Waals surface area contributed by atoms with Crippen molar-refractivity contribution in [2.75, 3.05) is 17.7 Å². The van der Waals surface area contributed by atoms with Crippen molar-refractivity contribution in [3.05, 3.63) is 23.7 Å². The van der Waals surface area contributed by atoms with Gasteiger partial charge < -0.3 is 16.0 Å². The molecule has 0 aliphatic carbocycles. The zero-order chi connectivity index (χ0) is 21.3. The smallest absolute Gasteiger partial charge is 0.372 e. The van der Waals surface area contributed by atoms with Gasteiger partial charge in [-0.1, -0.05) is 0 Å². The molecule has 0 aliphatic rings. The van der Waals surface area contributed by atoms with Crippen LogP contribution in [0.4, 0.5) is 30.6 Å². The summed E-state index contributed by atoms with van der Waals surface area (Å²) in [5.41, 5.74) is -0.837. The molecule has 0 radical (unpaired) electrons. The molecule has 0 fully saturated rings. The van der Waals surface area contributed by atoms with Gasteiger partial charge in [0, 0.05) is 19.3 Å². The molecule has 0 saturated heterocycles. The summed E-state index contributed by atoms with van der Waals surface area (Å²) in [6.45, 7) is 8.91. The Kier molecular flexibility index (Phi) is 5.86. The Morgan fingerprint density at radius 2 is 1.86 bits per heavy atom. The lowest BCUT2D eigenvalue weighted by Gasteiger charge is -2.27. The fourth-order valence-corrected chi connectivity index (χ4v) is 2.59. The van der Waals surface area contributed by atoms with Gasteiger partial charge in [-0.3, -0.25) is 9.48 Å². The van der Waals surface area contributed by atoms with Crippen LogP contribution in [0.25, 0.3) is 0 Å². The minimum atomic E-state index is -4.56. The molecule has 0 spiro atoms. The molecule has 2 heterocycles. The lowest BCUT2D eigenvalue weighted by atomic mass is 10.0. The van der Waals surface area contributed by atoms with E-state index in [4.69, 9.17) is 0 Å². The normalized spacial score (nSPS) is 12.2. The predicted octanol–water partition coefficient (Wildman–Crippen LogP) is 3.05. The maximum absolute atomic E-state index is 13.0. The van der Waals surface area contributed by atoms with E-state index >= 15 is 0 Å². The van der Waals surface area contributed by atoms with Crippen LogP contribution in [0.2, 0.25) is 0 Å². The number of carbonyl (C=O) groups excluding carboxylic acids is 1. The van der Waals surface area contributed by atoms with Crippen LogP contribution in [-0.4, -0.2) is 38.7 Å². The summed E-state index contributed by atoms with van der Waals surface area (Å²) in [7, 11) is 1.35. The average Bonchev–Trinajstić information content (AvgIpc) is 2.94. The Hall–Kier alpha value is -2.85. The molecule has 0 unspecified atom stereocenters. The Morgan fingerprint density at radius 3 is 2.39 bits per heavy atom. The molecule has 2 rings (SSSR count). The van der Waals surface area contributed by atoms with Gasteiger partial charge in [0.25, 0.3) is 0 Å². The number of halogens is 3. The highest BCUT2D eigenvalue weighted by atomic mass is 19.4. The number of nitrogens with zero attached hydrogens (tertiary/aromatic N) is 4. The van der Waals surface area contributed by atoms with Crippen LogP contribution in [0.5, 0.6) is 0 Å². The first-order chi connectivity index (χ1) is 12.9. The van der Waals surface area contributed by atoms with E-state index in [0.29, 0.717) is 17.6 Å². The van der Waals surface area contributed by atoms with Gasteiger partial charge in [0.15, 0.2) is 0 Å². The van der Waals surface area contributed by atoms with E-state index in [1.807, 2.05) is 13.8 Å². The second-order valence-electron chi connectivity index (χ2n) is 7.07. The van der Waals surface area contributed by atoms with Gasteiger partial charge >= 0.3 is 6.18 Å². The summed E-state index contributed by atoms with van der Waals surface area (Å²) in [5, 5.41) is 12.4. The molecule has 3 N–H and O–H groups in total. The SMILES string of the molecule is CNc1nc(Nc2cnn(C(C)(C)C(=O)NC(C)C)c2C)ncc1C(F)(F)F. The van der Waals surface area contributed by atoms with Gasteiger partial charge in [0.05, 0.1) is 17.6 Å². The van der Waals surface area contributed by atoms with Crippen molar-refractivity contribution in [1.29, 1.82) is 0 Å². The molecule has 11 heteroatoms. The first-order valence-corrected chi connectivity index (χ1v) is 8.63. The molecule has 0 saturated carbocycles. The Balaban J connectivity index is 2.31. The van der Waals surface area contributed by atoms with E-state index in [-0.39, 0.29) is 23.7 Å². The van der Waals surface area contributed by atoms with Crippen LogP contribution >= 0.6 is 0 Å². The van der Waals surface area contributed by atoms with E-state index in [2.05, 4.69) is 31.0 Å². The average molecular weight is 399 g/mol. The molecule has 0 aromatic carbocycles. The largest absolute Gasteiger partial charge is 0.421 e. The van der Waals surface area contributed by atoms with Crippen LogP contribution in [-0.2, 0) is 16.5 Å². The number of hydrogen-bond acceptors (Lipinski definition) is 6. The summed E-state index contributed by atoms with van der Waals surface area (Å²) in [6, 6.07) is -0.0271. The van der Waals surface area contributed by atoms with Gasteiger partial charge in [0.1, 0.15) is 16.9 Å². The zero-order valence-electron chi connectivity index (χ0n) is 16.6. The van der Waals surface area contributed by atoms with E-state index in [1.165, 1.54) is 17.9 Å². The third-order valence-electron chi connectivity index (χ3n) is 4.09. The fraction of sp³-hybridized carbons (Fsp3) is 0.529. The van der Waals surface area contributed by atoms with Crippen molar-refractivity contribution in [1.82, 2.24) is 25.1 Å². The highest BCUT2D eigenvalue weighted by molar-refractivity contribution is 5.84. The molecule has 0 bridgehead atoms. The van der Waals surface area contributed by atoms with Gasteiger partial charge in [-0.25, -0.2) is 4.98 Å². The van der Waals surface area contributed by atoms with Crippen LogP contribution < -0.4 is 16.0 Å². The highest BCUT2D eigenvalue weighted by Crippen LogP contribution is 2.34. The molecular weight excluding hydrogens is 375 g/mol. The summed E-state index contributed by atoms with van der Waals surface area (Å²) in [4.78, 5) is 20.1. The van der Waals surface area contributed by atoms with Crippen LogP contribution in [0.15, 0.2) is 12.4 Å². The fourth-order valence-electron chi connectivity index (χ4n) is 2.59. The molecule has 8 nitrogen and oxygen atoms in total. The van der Waals surface area contributed by atoms with Crippen molar-refractivity contribution in [2.24, 2.45) is 0 Å². The van der Waals surface area contributed by atoms with E-state index in [0.717, 1.165) is 0 Å². The first kappa shape index (κ1) is 21.5. The zero-order valence-corrected chi connectivity index (χ0v) is 16.6. The number of rotatable bonds is 6. The lowest BCUT2D eigenvalue weighted by Crippen LogP contribution is -2.47. The third-order valence-corrected chi connectivity index (χ3v) is 4.09. The van der Waals surface area contributed by atoms with E-state index < -0.39 is 17.3 Å². The molecule has 28 heavy (non-hydrogen) atoms. The van der Waals surface area contributed by atoms with Gasteiger partial charge in [-0.05, 0) is 34.6 Å². The molecule has 154 valence electrons. The summed E-state index contributed by atoms with van der Waals surface area (Å²) in [6.07, 6.45) is -2.38. The quantitative estimate of drug-likeness (QED) is 0.691. The molecular formula is C17H24F3N7O. The minimum Gasteiger partial charge on any atom is -0.372 e. The lowest BCUT2D eigenvalue weighted by molar-refractivity contribution is -0.137. The van der Waals surface area contributed by atoms with Gasteiger partial charge in [-0.15, -0.1) is 0 Å². The second-order valence-corrected chi connectivity index (χ2v) is 7.07. The van der Waals surface area contributed by atoms with E-state index in [9.17, 15) is 18.0 Å². The summed E-state index contributed by atoms with van der Waals surface area (Å²) >= 11 is 0. The second kappa shape index (κ2) is 7.64. The number of alkyl halides is 3. The van der Waals surface area contributed by atoms with E-state index in [1.54, 1.807) is 20.8 Å². The summed E-state index contributed by atoms with van der Waals surface area (Å²) < 4.78 is 40.4. The Bertz CT molecular complexity index is 859. The standard InChI is InChI=1S/C17H24F3N7O/c1-9(2)24-14(28)16(4,5)27-10(3)12(8-23-27)25-15-22-7-11(17(18,19)20)13(21-6)26-15/h7-9H,1-6H3,(H,24,28)(H2,21,22,25,26). The number of aromatic nitrogens is 4. The van der Waals surface area contributed by atoms with Crippen LogP contribution in [0.3, 0.4) is 0 Å². The summed E-state index contributed by atoms with van der Waals surface area (Å²) in [5.74, 6) is -0.570.